The number of piperidine rings is 1. The number of ether oxygens (including phenoxy) is 2. The summed E-state index contributed by atoms with van der Waals surface area (Å²) in [6.45, 7) is 1.97. The number of amides is 1. The van der Waals surface area contributed by atoms with Crippen LogP contribution in [0.15, 0.2) is 36.5 Å². The molecule has 1 N–H and O–H groups in total. The Morgan fingerprint density at radius 3 is 2.70 bits per heavy atom. The van der Waals surface area contributed by atoms with Gasteiger partial charge in [0.15, 0.2) is 5.82 Å². The summed E-state index contributed by atoms with van der Waals surface area (Å²) in [5.74, 6) is 2.35. The molecule has 2 heterocycles. The van der Waals surface area contributed by atoms with Gasteiger partial charge in [-0.15, -0.1) is 0 Å². The van der Waals surface area contributed by atoms with E-state index in [4.69, 9.17) is 9.47 Å². The quantitative estimate of drug-likeness (QED) is 0.807. The molecule has 1 saturated heterocycles. The van der Waals surface area contributed by atoms with Crippen LogP contribution in [0, 0.1) is 0 Å². The maximum Gasteiger partial charge on any atom is 0.224 e. The predicted octanol–water partition coefficient (Wildman–Crippen LogP) is 3.66. The largest absolute Gasteiger partial charge is 0.497 e. The second kappa shape index (κ2) is 9.26. The Bertz CT molecular complexity index is 773. The first-order valence-electron chi connectivity index (χ1n) is 9.42. The Morgan fingerprint density at radius 2 is 1.96 bits per heavy atom. The van der Waals surface area contributed by atoms with Gasteiger partial charge in [-0.3, -0.25) is 4.79 Å². The highest BCUT2D eigenvalue weighted by Gasteiger charge is 2.17. The van der Waals surface area contributed by atoms with Crippen LogP contribution in [0.5, 0.6) is 11.5 Å². The van der Waals surface area contributed by atoms with Crippen molar-refractivity contribution in [2.24, 2.45) is 0 Å². The van der Waals surface area contributed by atoms with Crippen LogP contribution in [-0.2, 0) is 11.2 Å². The fraction of sp³-hybridized carbons (Fsp3) is 0.429. The molecule has 0 saturated carbocycles. The molecule has 3 rings (SSSR count). The maximum absolute atomic E-state index is 12.5. The summed E-state index contributed by atoms with van der Waals surface area (Å²) < 4.78 is 10.7. The van der Waals surface area contributed by atoms with Crippen molar-refractivity contribution in [2.45, 2.75) is 32.1 Å². The van der Waals surface area contributed by atoms with Gasteiger partial charge in [0.1, 0.15) is 11.5 Å². The molecule has 0 radical (unpaired) electrons. The van der Waals surface area contributed by atoms with Crippen molar-refractivity contribution >= 4 is 17.4 Å². The van der Waals surface area contributed by atoms with E-state index in [-0.39, 0.29) is 5.91 Å². The minimum atomic E-state index is -0.0360. The van der Waals surface area contributed by atoms with Crippen molar-refractivity contribution in [3.05, 3.63) is 42.1 Å². The number of carbonyl (C=O) groups is 1. The third-order valence-electron chi connectivity index (χ3n) is 4.83. The smallest absolute Gasteiger partial charge is 0.224 e. The average Bonchev–Trinajstić information content (AvgIpc) is 2.73. The van der Waals surface area contributed by atoms with Crippen molar-refractivity contribution in [2.75, 3.05) is 37.5 Å². The highest BCUT2D eigenvalue weighted by molar-refractivity contribution is 5.93. The maximum atomic E-state index is 12.5. The van der Waals surface area contributed by atoms with E-state index in [1.807, 2.05) is 30.3 Å². The fourth-order valence-electron chi connectivity index (χ4n) is 3.39. The van der Waals surface area contributed by atoms with Crippen LogP contribution in [0.25, 0.3) is 0 Å². The molecule has 1 amide bonds. The molecule has 0 atom stereocenters. The van der Waals surface area contributed by atoms with Crippen LogP contribution in [0.1, 0.15) is 31.2 Å². The number of methoxy groups -OCH3 is 2. The first-order valence-corrected chi connectivity index (χ1v) is 9.42. The molecule has 1 aliphatic rings. The van der Waals surface area contributed by atoms with Crippen LogP contribution >= 0.6 is 0 Å². The molecule has 6 nitrogen and oxygen atoms in total. The van der Waals surface area contributed by atoms with Gasteiger partial charge in [0.25, 0.3) is 0 Å². The average molecular weight is 369 g/mol. The molecule has 1 aliphatic heterocycles. The second-order valence-electron chi connectivity index (χ2n) is 6.65. The molecule has 0 bridgehead atoms. The number of benzene rings is 1. The number of nitrogens with one attached hydrogen (secondary N) is 1. The van der Waals surface area contributed by atoms with Crippen LogP contribution in [-0.4, -0.2) is 38.2 Å². The van der Waals surface area contributed by atoms with E-state index < -0.39 is 0 Å². The molecule has 27 heavy (non-hydrogen) atoms. The molecule has 0 unspecified atom stereocenters. The van der Waals surface area contributed by atoms with Crippen LogP contribution in [0.3, 0.4) is 0 Å². The van der Waals surface area contributed by atoms with Crippen LogP contribution in [0.2, 0.25) is 0 Å². The zero-order valence-corrected chi connectivity index (χ0v) is 16.0. The highest BCUT2D eigenvalue weighted by Crippen LogP contribution is 2.27. The van der Waals surface area contributed by atoms with Gasteiger partial charge in [-0.05, 0) is 61.6 Å². The fourth-order valence-corrected chi connectivity index (χ4v) is 3.39. The van der Waals surface area contributed by atoms with E-state index >= 15 is 0 Å². The summed E-state index contributed by atoms with van der Waals surface area (Å²) in [6, 6.07) is 9.40. The molecule has 1 aromatic heterocycles. The highest BCUT2D eigenvalue weighted by atomic mass is 16.5. The number of nitrogens with zero attached hydrogens (tertiary/aromatic N) is 2. The Kier molecular flexibility index (Phi) is 6.52. The molecule has 1 aromatic carbocycles. The number of rotatable bonds is 7. The second-order valence-corrected chi connectivity index (χ2v) is 6.65. The number of pyridine rings is 1. The summed E-state index contributed by atoms with van der Waals surface area (Å²) in [7, 11) is 3.26. The monoisotopic (exact) mass is 369 g/mol. The number of carbonyl (C=O) groups excluding carboxylic acids is 1. The minimum absolute atomic E-state index is 0.0360. The summed E-state index contributed by atoms with van der Waals surface area (Å²) in [4.78, 5) is 19.3. The summed E-state index contributed by atoms with van der Waals surface area (Å²) in [5, 5.41) is 3.03. The third-order valence-corrected chi connectivity index (χ3v) is 4.83. The Labute approximate surface area is 160 Å². The Morgan fingerprint density at radius 1 is 1.15 bits per heavy atom. The van der Waals surface area contributed by atoms with Crippen molar-refractivity contribution in [1.29, 1.82) is 0 Å². The third kappa shape index (κ3) is 4.90. The van der Waals surface area contributed by atoms with Gasteiger partial charge in [0, 0.05) is 25.7 Å². The first-order chi connectivity index (χ1) is 13.2. The van der Waals surface area contributed by atoms with Gasteiger partial charge in [-0.25, -0.2) is 4.98 Å². The molecule has 1 fully saturated rings. The number of anilines is 2. The van der Waals surface area contributed by atoms with E-state index in [2.05, 4.69) is 15.2 Å². The van der Waals surface area contributed by atoms with Gasteiger partial charge in [0.05, 0.1) is 19.9 Å². The SMILES string of the molecule is COc1ccc(OC)c(CCC(=O)Nc2cccnc2N2CCCCC2)c1. The van der Waals surface area contributed by atoms with E-state index in [1.165, 1.54) is 19.3 Å². The lowest BCUT2D eigenvalue weighted by Crippen LogP contribution is -2.31. The molecule has 0 aliphatic carbocycles. The summed E-state index contributed by atoms with van der Waals surface area (Å²) >= 11 is 0. The zero-order valence-electron chi connectivity index (χ0n) is 16.0. The molecular weight excluding hydrogens is 342 g/mol. The van der Waals surface area contributed by atoms with Gasteiger partial charge in [-0.2, -0.15) is 0 Å². The molecule has 6 heteroatoms. The molecular formula is C21H27N3O3. The first kappa shape index (κ1) is 19.0. The van der Waals surface area contributed by atoms with Crippen molar-refractivity contribution in [1.82, 2.24) is 4.98 Å². The normalized spacial score (nSPS) is 13.9. The number of hydrogen-bond donors (Lipinski definition) is 1. The van der Waals surface area contributed by atoms with E-state index in [0.717, 1.165) is 41.7 Å². The van der Waals surface area contributed by atoms with E-state index in [1.54, 1.807) is 20.4 Å². The molecule has 0 spiro atoms. The van der Waals surface area contributed by atoms with Gasteiger partial charge in [0.2, 0.25) is 5.91 Å². The number of aryl methyl sites for hydroxylation is 1. The van der Waals surface area contributed by atoms with Crippen molar-refractivity contribution in [3.8, 4) is 11.5 Å². The molecule has 2 aromatic rings. The lowest BCUT2D eigenvalue weighted by molar-refractivity contribution is -0.116. The van der Waals surface area contributed by atoms with Crippen molar-refractivity contribution in [3.63, 3.8) is 0 Å². The van der Waals surface area contributed by atoms with E-state index in [9.17, 15) is 4.79 Å². The van der Waals surface area contributed by atoms with Crippen LogP contribution < -0.4 is 19.7 Å². The van der Waals surface area contributed by atoms with Gasteiger partial charge in [-0.1, -0.05) is 0 Å². The van der Waals surface area contributed by atoms with Crippen LogP contribution in [0.4, 0.5) is 11.5 Å². The van der Waals surface area contributed by atoms with Gasteiger partial charge >= 0.3 is 0 Å². The standard InChI is InChI=1S/C21H27N3O3/c1-26-17-9-10-19(27-2)16(15-17)8-11-20(25)23-18-7-6-12-22-21(18)24-13-4-3-5-14-24/h6-7,9-10,12,15H,3-5,8,11,13-14H2,1-2H3,(H,23,25). The predicted molar refractivity (Wildman–Crippen MR) is 107 cm³/mol. The lowest BCUT2D eigenvalue weighted by atomic mass is 10.1. The van der Waals surface area contributed by atoms with Crippen molar-refractivity contribution < 1.29 is 14.3 Å². The number of aromatic nitrogens is 1. The van der Waals surface area contributed by atoms with E-state index in [0.29, 0.717) is 12.8 Å². The number of hydrogen-bond acceptors (Lipinski definition) is 5. The Hall–Kier alpha value is -2.76. The summed E-state index contributed by atoms with van der Waals surface area (Å²) in [6.07, 6.45) is 6.30. The Balaban J connectivity index is 1.65. The zero-order chi connectivity index (χ0) is 19.1. The van der Waals surface area contributed by atoms with Gasteiger partial charge < -0.3 is 19.7 Å². The topological polar surface area (TPSA) is 63.7 Å². The molecule has 144 valence electrons. The summed E-state index contributed by atoms with van der Waals surface area (Å²) in [5.41, 5.74) is 1.73. The lowest BCUT2D eigenvalue weighted by Gasteiger charge is -2.29. The minimum Gasteiger partial charge on any atom is -0.497 e.